The maximum absolute atomic E-state index is 10.2. The van der Waals surface area contributed by atoms with Crippen LogP contribution in [-0.4, -0.2) is 30.0 Å². The van der Waals surface area contributed by atoms with E-state index in [-0.39, 0.29) is 6.61 Å². The van der Waals surface area contributed by atoms with Gasteiger partial charge in [0.25, 0.3) is 0 Å². The number of aliphatic hydroxyl groups excluding tert-OH is 2. The topological polar surface area (TPSA) is 58.9 Å². The van der Waals surface area contributed by atoms with Crippen LogP contribution in [0.4, 0.5) is 0 Å². The number of hydrogen-bond acceptors (Lipinski definition) is 4. The van der Waals surface area contributed by atoms with E-state index < -0.39 is 6.10 Å². The number of benzene rings is 1. The second kappa shape index (κ2) is 6.07. The van der Waals surface area contributed by atoms with Crippen LogP contribution in [0.3, 0.4) is 0 Å². The Morgan fingerprint density at radius 3 is 2.50 bits per heavy atom. The third-order valence-corrected chi connectivity index (χ3v) is 3.18. The van der Waals surface area contributed by atoms with Crippen LogP contribution >= 0.6 is 0 Å². The summed E-state index contributed by atoms with van der Waals surface area (Å²) >= 11 is 0. The van der Waals surface area contributed by atoms with E-state index in [9.17, 15) is 5.11 Å². The Labute approximate surface area is 107 Å². The van der Waals surface area contributed by atoms with E-state index >= 15 is 0 Å². The molecule has 0 saturated carbocycles. The highest BCUT2D eigenvalue weighted by Crippen LogP contribution is 2.36. The Morgan fingerprint density at radius 1 is 1.17 bits per heavy atom. The minimum atomic E-state index is -0.507. The van der Waals surface area contributed by atoms with Crippen molar-refractivity contribution in [3.05, 3.63) is 23.3 Å². The van der Waals surface area contributed by atoms with Crippen molar-refractivity contribution in [1.82, 2.24) is 0 Å². The molecule has 2 rings (SSSR count). The first kappa shape index (κ1) is 13.2. The zero-order chi connectivity index (χ0) is 13.0. The molecule has 100 valence electrons. The molecule has 1 aliphatic rings. The van der Waals surface area contributed by atoms with Crippen molar-refractivity contribution in [2.75, 3.05) is 19.8 Å². The van der Waals surface area contributed by atoms with Gasteiger partial charge in [0.2, 0.25) is 0 Å². The lowest BCUT2D eigenvalue weighted by molar-refractivity contribution is 0.153. The third-order valence-electron chi connectivity index (χ3n) is 3.18. The van der Waals surface area contributed by atoms with Crippen LogP contribution in [0.25, 0.3) is 0 Å². The van der Waals surface area contributed by atoms with Crippen LogP contribution in [0.15, 0.2) is 12.1 Å². The molecule has 2 N–H and O–H groups in total. The minimum absolute atomic E-state index is 0.173. The highest BCUT2D eigenvalue weighted by molar-refractivity contribution is 5.48. The number of hydrogen-bond donors (Lipinski definition) is 2. The van der Waals surface area contributed by atoms with Crippen molar-refractivity contribution in [1.29, 1.82) is 0 Å². The molecular weight excluding hydrogens is 232 g/mol. The summed E-state index contributed by atoms with van der Waals surface area (Å²) in [6, 6.07) is 3.78. The van der Waals surface area contributed by atoms with Crippen LogP contribution < -0.4 is 9.47 Å². The van der Waals surface area contributed by atoms with Crippen molar-refractivity contribution in [3.8, 4) is 11.5 Å². The molecule has 0 fully saturated rings. The number of ether oxygens (including phenoxy) is 2. The maximum atomic E-state index is 10.2. The first-order valence-corrected chi connectivity index (χ1v) is 6.41. The Bertz CT molecular complexity index is 403. The summed E-state index contributed by atoms with van der Waals surface area (Å²) in [7, 11) is 0. The molecule has 1 aliphatic heterocycles. The van der Waals surface area contributed by atoms with Gasteiger partial charge in [0.05, 0.1) is 6.10 Å². The highest BCUT2D eigenvalue weighted by atomic mass is 16.6. The van der Waals surface area contributed by atoms with Crippen LogP contribution in [0.5, 0.6) is 11.5 Å². The summed E-state index contributed by atoms with van der Waals surface area (Å²) in [6.07, 6.45) is 1.68. The summed E-state index contributed by atoms with van der Waals surface area (Å²) in [4.78, 5) is 0. The van der Waals surface area contributed by atoms with E-state index in [0.29, 0.717) is 25.4 Å². The molecule has 0 aromatic heterocycles. The van der Waals surface area contributed by atoms with Gasteiger partial charge in [-0.1, -0.05) is 0 Å². The molecule has 18 heavy (non-hydrogen) atoms. The number of unbranched alkanes of at least 4 members (excludes halogenated alkanes) is 1. The summed E-state index contributed by atoms with van der Waals surface area (Å²) in [5.41, 5.74) is 1.90. The van der Waals surface area contributed by atoms with Crippen LogP contribution in [0, 0.1) is 6.92 Å². The molecule has 1 aromatic rings. The molecule has 0 spiro atoms. The van der Waals surface area contributed by atoms with Gasteiger partial charge in [0.1, 0.15) is 13.2 Å². The predicted molar refractivity (Wildman–Crippen MR) is 68.1 cm³/mol. The van der Waals surface area contributed by atoms with Gasteiger partial charge in [0, 0.05) is 6.61 Å². The van der Waals surface area contributed by atoms with E-state index in [4.69, 9.17) is 14.6 Å². The third kappa shape index (κ3) is 2.94. The smallest absolute Gasteiger partial charge is 0.161 e. The second-order valence-corrected chi connectivity index (χ2v) is 4.59. The monoisotopic (exact) mass is 252 g/mol. The van der Waals surface area contributed by atoms with Crippen molar-refractivity contribution in [3.63, 3.8) is 0 Å². The van der Waals surface area contributed by atoms with Gasteiger partial charge in [-0.2, -0.15) is 0 Å². The van der Waals surface area contributed by atoms with Gasteiger partial charge < -0.3 is 19.7 Å². The molecule has 1 aromatic carbocycles. The molecule has 1 atom stereocenters. The first-order chi connectivity index (χ1) is 8.72. The van der Waals surface area contributed by atoms with E-state index in [1.54, 1.807) is 0 Å². The molecule has 0 saturated heterocycles. The molecule has 4 nitrogen and oxygen atoms in total. The molecule has 1 unspecified atom stereocenters. The molecule has 0 amide bonds. The van der Waals surface area contributed by atoms with Gasteiger partial charge in [-0.15, -0.1) is 0 Å². The molecule has 0 radical (unpaired) electrons. The van der Waals surface area contributed by atoms with Crippen molar-refractivity contribution < 1.29 is 19.7 Å². The Balaban J connectivity index is 2.12. The number of fused-ring (bicyclic) bond motifs is 1. The number of rotatable bonds is 5. The quantitative estimate of drug-likeness (QED) is 0.786. The first-order valence-electron chi connectivity index (χ1n) is 6.41. The van der Waals surface area contributed by atoms with Crippen LogP contribution in [0.1, 0.15) is 36.5 Å². The lowest BCUT2D eigenvalue weighted by Crippen LogP contribution is -2.16. The number of aliphatic hydroxyl groups is 2. The second-order valence-electron chi connectivity index (χ2n) is 4.59. The SMILES string of the molecule is Cc1cc2c(cc1C(O)CCCCO)OCCO2. The maximum Gasteiger partial charge on any atom is 0.161 e. The molecule has 0 bridgehead atoms. The van der Waals surface area contributed by atoms with Gasteiger partial charge in [-0.3, -0.25) is 0 Å². The normalized spacial score (nSPS) is 15.5. The number of aryl methyl sites for hydroxylation is 1. The summed E-state index contributed by atoms with van der Waals surface area (Å²) in [5, 5.41) is 18.9. The standard InChI is InChI=1S/C14H20O4/c1-10-8-13-14(18-7-6-17-13)9-11(10)12(16)4-2-3-5-15/h8-9,12,15-16H,2-7H2,1H3. The van der Waals surface area contributed by atoms with Crippen molar-refractivity contribution in [2.24, 2.45) is 0 Å². The summed E-state index contributed by atoms with van der Waals surface area (Å²) in [5.74, 6) is 1.47. The van der Waals surface area contributed by atoms with Crippen molar-refractivity contribution in [2.45, 2.75) is 32.3 Å². The predicted octanol–water partition coefficient (Wildman–Crippen LogP) is 1.96. The van der Waals surface area contributed by atoms with Gasteiger partial charge >= 0.3 is 0 Å². The molecule has 4 heteroatoms. The van der Waals surface area contributed by atoms with E-state index in [2.05, 4.69) is 0 Å². The van der Waals surface area contributed by atoms with Gasteiger partial charge in [-0.25, -0.2) is 0 Å². The lowest BCUT2D eigenvalue weighted by atomic mass is 9.98. The van der Waals surface area contributed by atoms with E-state index in [0.717, 1.165) is 29.7 Å². The fourth-order valence-corrected chi connectivity index (χ4v) is 2.17. The average molecular weight is 252 g/mol. The average Bonchev–Trinajstić information content (AvgIpc) is 2.38. The molecule has 1 heterocycles. The Hall–Kier alpha value is -1.26. The largest absolute Gasteiger partial charge is 0.486 e. The minimum Gasteiger partial charge on any atom is -0.486 e. The van der Waals surface area contributed by atoms with Gasteiger partial charge in [-0.05, 0) is 49.4 Å². The summed E-state index contributed by atoms with van der Waals surface area (Å²) < 4.78 is 11.0. The van der Waals surface area contributed by atoms with Crippen LogP contribution in [0.2, 0.25) is 0 Å². The highest BCUT2D eigenvalue weighted by Gasteiger charge is 2.17. The molecular formula is C14H20O4. The summed E-state index contributed by atoms with van der Waals surface area (Å²) in [6.45, 7) is 3.26. The fraction of sp³-hybridized carbons (Fsp3) is 0.571. The zero-order valence-corrected chi connectivity index (χ0v) is 10.7. The van der Waals surface area contributed by atoms with E-state index in [1.165, 1.54) is 0 Å². The van der Waals surface area contributed by atoms with E-state index in [1.807, 2.05) is 19.1 Å². The Morgan fingerprint density at radius 2 is 1.83 bits per heavy atom. The van der Waals surface area contributed by atoms with Gasteiger partial charge in [0.15, 0.2) is 11.5 Å². The van der Waals surface area contributed by atoms with Crippen LogP contribution in [-0.2, 0) is 0 Å². The zero-order valence-electron chi connectivity index (χ0n) is 10.7. The lowest BCUT2D eigenvalue weighted by Gasteiger charge is -2.22. The van der Waals surface area contributed by atoms with Crippen molar-refractivity contribution >= 4 is 0 Å². The Kier molecular flexibility index (Phi) is 4.44. The fourth-order valence-electron chi connectivity index (χ4n) is 2.17. The molecule has 0 aliphatic carbocycles.